The van der Waals surface area contributed by atoms with Gasteiger partial charge in [-0.25, -0.2) is 9.78 Å². The Kier molecular flexibility index (Phi) is 5.92. The van der Waals surface area contributed by atoms with E-state index in [1.54, 1.807) is 11.0 Å². The van der Waals surface area contributed by atoms with Gasteiger partial charge in [0.25, 0.3) is 5.91 Å². The number of amides is 2. The summed E-state index contributed by atoms with van der Waals surface area (Å²) in [6.07, 6.45) is 3.05. The Balaban J connectivity index is 1.55. The van der Waals surface area contributed by atoms with Crippen LogP contribution in [0.25, 0.3) is 0 Å². The van der Waals surface area contributed by atoms with Crippen molar-refractivity contribution < 1.29 is 19.4 Å². The van der Waals surface area contributed by atoms with E-state index in [-0.39, 0.29) is 17.7 Å². The first-order chi connectivity index (χ1) is 12.6. The van der Waals surface area contributed by atoms with E-state index in [1.165, 1.54) is 12.3 Å². The van der Waals surface area contributed by atoms with Crippen LogP contribution in [0.5, 0.6) is 5.75 Å². The maximum atomic E-state index is 12.6. The molecule has 0 saturated carbocycles. The minimum Gasteiger partial charge on any atom is -0.506 e. The zero-order valence-electron chi connectivity index (χ0n) is 15.1. The Morgan fingerprint density at radius 1 is 1.19 bits per heavy atom. The largest absolute Gasteiger partial charge is 0.506 e. The number of ether oxygens (including phenoxy) is 1. The average molecular weight is 362 g/mol. The Morgan fingerprint density at radius 2 is 1.96 bits per heavy atom. The first-order valence-corrected chi connectivity index (χ1v) is 9.18. The lowest BCUT2D eigenvalue weighted by Crippen LogP contribution is -2.56. The fourth-order valence-electron chi connectivity index (χ4n) is 3.60. The second-order valence-corrected chi connectivity index (χ2v) is 6.67. The summed E-state index contributed by atoms with van der Waals surface area (Å²) in [7, 11) is 0. The molecule has 3 heterocycles. The summed E-state index contributed by atoms with van der Waals surface area (Å²) in [5.74, 6) is -0.0441. The number of carbonyl (C=O) groups is 2. The van der Waals surface area contributed by atoms with E-state index >= 15 is 0 Å². The lowest BCUT2D eigenvalue weighted by Gasteiger charge is -2.43. The molecule has 2 fully saturated rings. The molecule has 3 rings (SSSR count). The Labute approximate surface area is 153 Å². The van der Waals surface area contributed by atoms with Crippen molar-refractivity contribution in [3.63, 3.8) is 0 Å². The quantitative estimate of drug-likeness (QED) is 0.869. The number of rotatable bonds is 3. The van der Waals surface area contributed by atoms with Gasteiger partial charge in [-0.3, -0.25) is 9.69 Å². The SMILES string of the molecule is CCOC(=O)N1CCN([C@@H]2CCCN(C(=O)c3ccc(O)cn3)C2)CC1. The molecule has 0 unspecified atom stereocenters. The summed E-state index contributed by atoms with van der Waals surface area (Å²) >= 11 is 0. The number of nitrogens with zero attached hydrogens (tertiary/aromatic N) is 4. The van der Waals surface area contributed by atoms with E-state index in [0.29, 0.717) is 38.0 Å². The lowest BCUT2D eigenvalue weighted by atomic mass is 10.0. The van der Waals surface area contributed by atoms with E-state index in [9.17, 15) is 14.7 Å². The van der Waals surface area contributed by atoms with Gasteiger partial charge in [0, 0.05) is 45.3 Å². The molecular weight excluding hydrogens is 336 g/mol. The molecule has 26 heavy (non-hydrogen) atoms. The van der Waals surface area contributed by atoms with E-state index in [0.717, 1.165) is 32.5 Å². The van der Waals surface area contributed by atoms with Gasteiger partial charge in [0.2, 0.25) is 0 Å². The first-order valence-electron chi connectivity index (χ1n) is 9.18. The number of hydrogen-bond donors (Lipinski definition) is 1. The highest BCUT2D eigenvalue weighted by Gasteiger charge is 2.31. The molecule has 142 valence electrons. The summed E-state index contributed by atoms with van der Waals surface area (Å²) in [4.78, 5) is 34.4. The van der Waals surface area contributed by atoms with Gasteiger partial charge in [-0.15, -0.1) is 0 Å². The van der Waals surface area contributed by atoms with Crippen LogP contribution in [0.3, 0.4) is 0 Å². The van der Waals surface area contributed by atoms with Crippen LogP contribution in [0.15, 0.2) is 18.3 Å². The fraction of sp³-hybridized carbons (Fsp3) is 0.611. The topological polar surface area (TPSA) is 86.2 Å². The van der Waals surface area contributed by atoms with Crippen LogP contribution in [-0.4, -0.2) is 88.7 Å². The van der Waals surface area contributed by atoms with Crippen molar-refractivity contribution in [2.24, 2.45) is 0 Å². The Hall–Kier alpha value is -2.35. The number of pyridine rings is 1. The van der Waals surface area contributed by atoms with Crippen LogP contribution in [0.1, 0.15) is 30.3 Å². The maximum absolute atomic E-state index is 12.6. The first kappa shape index (κ1) is 18.4. The van der Waals surface area contributed by atoms with Crippen molar-refractivity contribution in [1.29, 1.82) is 0 Å². The number of piperazine rings is 1. The van der Waals surface area contributed by atoms with E-state index in [1.807, 2.05) is 11.8 Å². The van der Waals surface area contributed by atoms with Crippen molar-refractivity contribution in [2.45, 2.75) is 25.8 Å². The summed E-state index contributed by atoms with van der Waals surface area (Å²) in [6, 6.07) is 3.34. The zero-order chi connectivity index (χ0) is 18.5. The summed E-state index contributed by atoms with van der Waals surface area (Å²) in [5, 5.41) is 9.32. The standard InChI is InChI=1S/C18H26N4O4/c1-2-26-18(25)21-10-8-20(9-11-21)14-4-3-7-22(13-14)17(24)16-6-5-15(23)12-19-16/h5-6,12,14,23H,2-4,7-11,13H2,1H3/t14-/m1/s1. The molecule has 0 aliphatic carbocycles. The van der Waals surface area contributed by atoms with Crippen molar-refractivity contribution >= 4 is 12.0 Å². The van der Waals surface area contributed by atoms with E-state index in [4.69, 9.17) is 4.74 Å². The van der Waals surface area contributed by atoms with Crippen molar-refractivity contribution in [3.05, 3.63) is 24.0 Å². The van der Waals surface area contributed by atoms with Gasteiger partial charge in [0.1, 0.15) is 11.4 Å². The number of hydrogen-bond acceptors (Lipinski definition) is 6. The van der Waals surface area contributed by atoms with Crippen molar-refractivity contribution in [1.82, 2.24) is 19.7 Å². The third-order valence-corrected chi connectivity index (χ3v) is 5.01. The molecular formula is C18H26N4O4. The molecule has 8 heteroatoms. The third-order valence-electron chi connectivity index (χ3n) is 5.01. The number of aromatic hydroxyl groups is 1. The highest BCUT2D eigenvalue weighted by Crippen LogP contribution is 2.20. The van der Waals surface area contributed by atoms with Crippen LogP contribution in [0, 0.1) is 0 Å². The van der Waals surface area contributed by atoms with Crippen LogP contribution in [0.4, 0.5) is 4.79 Å². The van der Waals surface area contributed by atoms with Gasteiger partial charge >= 0.3 is 6.09 Å². The molecule has 1 N–H and O–H groups in total. The normalized spacial score (nSPS) is 21.5. The maximum Gasteiger partial charge on any atom is 0.409 e. The number of piperidine rings is 1. The molecule has 8 nitrogen and oxygen atoms in total. The molecule has 0 aromatic carbocycles. The van der Waals surface area contributed by atoms with Crippen molar-refractivity contribution in [2.75, 3.05) is 45.9 Å². The van der Waals surface area contributed by atoms with Gasteiger partial charge in [-0.05, 0) is 31.9 Å². The molecule has 2 aliphatic heterocycles. The molecule has 0 bridgehead atoms. The van der Waals surface area contributed by atoms with Gasteiger partial charge in [-0.2, -0.15) is 0 Å². The summed E-state index contributed by atoms with van der Waals surface area (Å²) in [6.45, 7) is 6.49. The van der Waals surface area contributed by atoms with Gasteiger partial charge in [-0.1, -0.05) is 0 Å². The smallest absolute Gasteiger partial charge is 0.409 e. The summed E-state index contributed by atoms with van der Waals surface area (Å²) in [5.41, 5.74) is 0.357. The monoisotopic (exact) mass is 362 g/mol. The van der Waals surface area contributed by atoms with Crippen molar-refractivity contribution in [3.8, 4) is 5.75 Å². The van der Waals surface area contributed by atoms with Gasteiger partial charge in [0.15, 0.2) is 0 Å². The number of likely N-dealkylation sites (tertiary alicyclic amines) is 1. The van der Waals surface area contributed by atoms with Gasteiger partial charge < -0.3 is 19.6 Å². The average Bonchev–Trinajstić information content (AvgIpc) is 2.68. The molecule has 2 saturated heterocycles. The Bertz CT molecular complexity index is 629. The van der Waals surface area contributed by atoms with Gasteiger partial charge in [0.05, 0.1) is 12.8 Å². The zero-order valence-corrected chi connectivity index (χ0v) is 15.1. The minimum atomic E-state index is -0.244. The molecule has 0 spiro atoms. The van der Waals surface area contributed by atoms with Crippen LogP contribution < -0.4 is 0 Å². The highest BCUT2D eigenvalue weighted by atomic mass is 16.6. The predicted molar refractivity (Wildman–Crippen MR) is 95.0 cm³/mol. The number of aromatic nitrogens is 1. The highest BCUT2D eigenvalue weighted by molar-refractivity contribution is 5.92. The molecule has 1 atom stereocenters. The second kappa shape index (κ2) is 8.35. The van der Waals surface area contributed by atoms with E-state index in [2.05, 4.69) is 9.88 Å². The predicted octanol–water partition coefficient (Wildman–Crippen LogP) is 1.17. The Morgan fingerprint density at radius 3 is 2.62 bits per heavy atom. The molecule has 1 aromatic rings. The van der Waals surface area contributed by atoms with Crippen LogP contribution in [-0.2, 0) is 4.74 Å². The molecule has 2 aliphatic rings. The van der Waals surface area contributed by atoms with E-state index < -0.39 is 0 Å². The molecule has 2 amide bonds. The van der Waals surface area contributed by atoms with Crippen LogP contribution >= 0.6 is 0 Å². The third kappa shape index (κ3) is 4.24. The number of carbonyl (C=O) groups excluding carboxylic acids is 2. The summed E-state index contributed by atoms with van der Waals surface area (Å²) < 4.78 is 5.06. The molecule has 1 aromatic heterocycles. The fourth-order valence-corrected chi connectivity index (χ4v) is 3.60. The van der Waals surface area contributed by atoms with Crippen LogP contribution in [0.2, 0.25) is 0 Å². The second-order valence-electron chi connectivity index (χ2n) is 6.67. The molecule has 0 radical (unpaired) electrons. The minimum absolute atomic E-state index is 0.0533. The lowest BCUT2D eigenvalue weighted by molar-refractivity contribution is 0.0375.